The number of anilines is 3. The highest BCUT2D eigenvalue weighted by atomic mass is 32.2. The molecule has 12 heteroatoms. The first-order valence-corrected chi connectivity index (χ1v) is 12.3. The molecule has 0 atom stereocenters. The Kier molecular flexibility index (Phi) is 13.0. The summed E-state index contributed by atoms with van der Waals surface area (Å²) in [5, 5.41) is 21.2. The van der Waals surface area contributed by atoms with Gasteiger partial charge in [-0.15, -0.1) is 0 Å². The number of carbonyl (C=O) groups is 2. The molecule has 0 radical (unpaired) electrons. The Bertz CT molecular complexity index is 1060. The normalized spacial score (nSPS) is 11.8. The zero-order valence-corrected chi connectivity index (χ0v) is 21.5. The van der Waals surface area contributed by atoms with Gasteiger partial charge in [0, 0.05) is 54.8 Å². The largest absolute Gasteiger partial charge is 0.477 e. The lowest BCUT2D eigenvalue weighted by Gasteiger charge is -2.10. The van der Waals surface area contributed by atoms with E-state index in [9.17, 15) is 9.59 Å². The molecule has 1 aromatic carbocycles. The maximum absolute atomic E-state index is 10.5. The summed E-state index contributed by atoms with van der Waals surface area (Å²) in [4.78, 5) is 30.1. The minimum absolute atomic E-state index is 0.414. The van der Waals surface area contributed by atoms with Gasteiger partial charge in [0.1, 0.15) is 18.4 Å². The fraction of sp³-hybridized carbons (Fsp3) is 0.375. The lowest BCUT2D eigenvalue weighted by Crippen LogP contribution is -2.03. The maximum atomic E-state index is 10.5. The molecule has 0 saturated heterocycles. The molecule has 0 spiro atoms. The SMILES string of the molecule is CNO.CNc1ccc(Sc2nc(Nc3cc(C)[nH]n3)cc(OCCCC=O)n2)cc1.O=CC1CC1. The van der Waals surface area contributed by atoms with Crippen molar-refractivity contribution in [3.05, 3.63) is 42.1 Å². The van der Waals surface area contributed by atoms with Crippen molar-refractivity contribution in [3.8, 4) is 5.88 Å². The highest BCUT2D eigenvalue weighted by molar-refractivity contribution is 7.99. The number of unbranched alkanes of at least 4 members (excludes halogenated alkanes) is 1. The van der Waals surface area contributed by atoms with Gasteiger partial charge >= 0.3 is 0 Å². The Morgan fingerprint density at radius 2 is 1.86 bits per heavy atom. The van der Waals surface area contributed by atoms with Crippen LogP contribution in [0, 0.1) is 12.8 Å². The number of nitrogens with one attached hydrogen (secondary N) is 4. The number of benzene rings is 1. The number of hydrogen-bond donors (Lipinski definition) is 5. The lowest BCUT2D eigenvalue weighted by molar-refractivity contribution is -0.109. The minimum Gasteiger partial charge on any atom is -0.477 e. The second-order valence-corrected chi connectivity index (χ2v) is 8.71. The van der Waals surface area contributed by atoms with E-state index in [1.165, 1.54) is 18.8 Å². The number of aldehydes is 2. The molecule has 1 aliphatic rings. The van der Waals surface area contributed by atoms with Crippen molar-refractivity contribution in [2.24, 2.45) is 5.92 Å². The number of H-pyrrole nitrogens is 1. The maximum Gasteiger partial charge on any atom is 0.219 e. The van der Waals surface area contributed by atoms with Gasteiger partial charge in [-0.25, -0.2) is 10.5 Å². The number of hydroxylamine groups is 1. The number of aryl methyl sites for hydroxylation is 1. The first-order chi connectivity index (χ1) is 17.5. The smallest absolute Gasteiger partial charge is 0.219 e. The zero-order chi connectivity index (χ0) is 26.2. The van der Waals surface area contributed by atoms with Gasteiger partial charge in [-0.05, 0) is 62.2 Å². The van der Waals surface area contributed by atoms with Crippen molar-refractivity contribution >= 4 is 41.7 Å². The zero-order valence-electron chi connectivity index (χ0n) is 20.7. The molecular weight excluding hydrogens is 482 g/mol. The quantitative estimate of drug-likeness (QED) is 0.109. The Morgan fingerprint density at radius 3 is 2.39 bits per heavy atom. The van der Waals surface area contributed by atoms with Gasteiger partial charge < -0.3 is 30.2 Å². The average molecular weight is 516 g/mol. The number of aromatic nitrogens is 4. The summed E-state index contributed by atoms with van der Waals surface area (Å²) in [6.07, 6.45) is 5.30. The number of nitrogens with zero attached hydrogens (tertiary/aromatic N) is 3. The van der Waals surface area contributed by atoms with Crippen LogP contribution in [0.15, 0.2) is 46.5 Å². The van der Waals surface area contributed by atoms with Crippen LogP contribution in [0.3, 0.4) is 0 Å². The monoisotopic (exact) mass is 515 g/mol. The summed E-state index contributed by atoms with van der Waals surface area (Å²) in [7, 11) is 3.31. The molecule has 36 heavy (non-hydrogen) atoms. The molecule has 0 unspecified atom stereocenters. The summed E-state index contributed by atoms with van der Waals surface area (Å²) in [6, 6.07) is 11.6. The van der Waals surface area contributed by atoms with Gasteiger partial charge in [0.2, 0.25) is 5.88 Å². The van der Waals surface area contributed by atoms with E-state index in [2.05, 4.69) is 30.8 Å². The molecule has 1 fully saturated rings. The summed E-state index contributed by atoms with van der Waals surface area (Å²) in [5.74, 6) is 2.15. The Balaban J connectivity index is 0.000000490. The van der Waals surface area contributed by atoms with Crippen LogP contribution in [0.1, 0.15) is 31.4 Å². The highest BCUT2D eigenvalue weighted by Gasteiger charge is 2.19. The van der Waals surface area contributed by atoms with Crippen molar-refractivity contribution in [2.45, 2.75) is 42.7 Å². The minimum atomic E-state index is 0.414. The Morgan fingerprint density at radius 1 is 1.14 bits per heavy atom. The first kappa shape index (κ1) is 28.8. The van der Waals surface area contributed by atoms with Gasteiger partial charge in [0.05, 0.1) is 6.61 Å². The standard InChI is InChI=1S/C19H22N6O2S.C4H6O.CH5NO/c1-13-11-17(25-24-13)21-16-12-18(27-10-4-3-9-26)23-19(22-16)28-15-7-5-14(20-2)6-8-15;5-3-4-1-2-4;1-2-3/h5-9,11-12,20H,3-4,10H2,1-2H3,(H2,21,22,23,24,25);3-4H,1-2H2;2-3H,1H3. The predicted molar refractivity (Wildman–Crippen MR) is 139 cm³/mol. The predicted octanol–water partition coefficient (Wildman–Crippen LogP) is 3.99. The van der Waals surface area contributed by atoms with Crippen LogP contribution in [-0.2, 0) is 9.59 Å². The third-order valence-electron chi connectivity index (χ3n) is 4.53. The molecule has 4 rings (SSSR count). The van der Waals surface area contributed by atoms with Gasteiger partial charge in [0.15, 0.2) is 11.0 Å². The molecule has 0 aliphatic heterocycles. The summed E-state index contributed by atoms with van der Waals surface area (Å²) < 4.78 is 5.70. The number of hydrogen-bond acceptors (Lipinski definition) is 11. The van der Waals surface area contributed by atoms with Crippen molar-refractivity contribution in [3.63, 3.8) is 0 Å². The van der Waals surface area contributed by atoms with Crippen LogP contribution in [-0.4, -0.2) is 58.6 Å². The van der Waals surface area contributed by atoms with Crippen molar-refractivity contribution in [1.82, 2.24) is 25.6 Å². The van der Waals surface area contributed by atoms with Crippen LogP contribution in [0.4, 0.5) is 17.3 Å². The second kappa shape index (κ2) is 16.2. The number of ether oxygens (including phenoxy) is 1. The molecule has 0 amide bonds. The highest BCUT2D eigenvalue weighted by Crippen LogP contribution is 2.29. The molecule has 194 valence electrons. The van der Waals surface area contributed by atoms with Gasteiger partial charge in [-0.1, -0.05) is 0 Å². The van der Waals surface area contributed by atoms with E-state index in [0.29, 0.717) is 48.0 Å². The molecule has 2 aromatic heterocycles. The van der Waals surface area contributed by atoms with Crippen molar-refractivity contribution in [1.29, 1.82) is 0 Å². The molecule has 1 aliphatic carbocycles. The fourth-order valence-electron chi connectivity index (χ4n) is 2.57. The molecule has 1 saturated carbocycles. The second-order valence-electron chi connectivity index (χ2n) is 7.67. The van der Waals surface area contributed by atoms with E-state index in [1.54, 1.807) is 11.5 Å². The molecule has 11 nitrogen and oxygen atoms in total. The molecule has 3 aromatic rings. The number of rotatable bonds is 11. The molecular formula is C24H33N7O4S. The fourth-order valence-corrected chi connectivity index (χ4v) is 3.33. The van der Waals surface area contributed by atoms with Crippen LogP contribution in [0.2, 0.25) is 0 Å². The van der Waals surface area contributed by atoms with Crippen molar-refractivity contribution < 1.29 is 19.5 Å². The summed E-state index contributed by atoms with van der Waals surface area (Å²) in [6.45, 7) is 2.34. The van der Waals surface area contributed by atoms with Crippen LogP contribution in [0.25, 0.3) is 0 Å². The topological polar surface area (TPSA) is 154 Å². The van der Waals surface area contributed by atoms with Crippen LogP contribution >= 0.6 is 11.8 Å². The summed E-state index contributed by atoms with van der Waals surface area (Å²) in [5.41, 5.74) is 3.73. The van der Waals surface area contributed by atoms with Gasteiger partial charge in [0.25, 0.3) is 0 Å². The third-order valence-corrected chi connectivity index (χ3v) is 5.40. The van der Waals surface area contributed by atoms with E-state index >= 15 is 0 Å². The molecule has 0 bridgehead atoms. The third kappa shape index (κ3) is 11.3. The summed E-state index contributed by atoms with van der Waals surface area (Å²) >= 11 is 1.44. The van der Waals surface area contributed by atoms with Crippen LogP contribution < -0.4 is 20.9 Å². The van der Waals surface area contributed by atoms with E-state index in [0.717, 1.165) is 41.7 Å². The number of aromatic amines is 1. The number of carbonyl (C=O) groups excluding carboxylic acids is 2. The Hall–Kier alpha value is -3.48. The molecule has 5 N–H and O–H groups in total. The van der Waals surface area contributed by atoms with Crippen molar-refractivity contribution in [2.75, 3.05) is 31.3 Å². The van der Waals surface area contributed by atoms with E-state index in [-0.39, 0.29) is 0 Å². The van der Waals surface area contributed by atoms with Gasteiger partial charge in [-0.3, -0.25) is 5.10 Å². The van der Waals surface area contributed by atoms with E-state index in [4.69, 9.17) is 9.94 Å². The Labute approximate surface area is 214 Å². The lowest BCUT2D eigenvalue weighted by atomic mass is 10.3. The van der Waals surface area contributed by atoms with Crippen LogP contribution in [0.5, 0.6) is 5.88 Å². The van der Waals surface area contributed by atoms with E-state index in [1.807, 2.05) is 44.3 Å². The average Bonchev–Trinajstić information content (AvgIpc) is 3.64. The molecule has 2 heterocycles. The van der Waals surface area contributed by atoms with Gasteiger partial charge in [-0.2, -0.15) is 10.1 Å². The first-order valence-electron chi connectivity index (χ1n) is 11.5. The van der Waals surface area contributed by atoms with E-state index < -0.39 is 0 Å².